The van der Waals surface area contributed by atoms with Gasteiger partial charge in [0.2, 0.25) is 0 Å². The highest BCUT2D eigenvalue weighted by Crippen LogP contribution is 2.43. The van der Waals surface area contributed by atoms with E-state index in [0.717, 1.165) is 16.7 Å². The van der Waals surface area contributed by atoms with Crippen molar-refractivity contribution in [2.75, 3.05) is 6.61 Å². The van der Waals surface area contributed by atoms with E-state index in [-0.39, 0.29) is 31.5 Å². The Bertz CT molecular complexity index is 1220. The van der Waals surface area contributed by atoms with Crippen LogP contribution < -0.4 is 0 Å². The van der Waals surface area contributed by atoms with Crippen LogP contribution in [0.25, 0.3) is 0 Å². The zero-order chi connectivity index (χ0) is 30.4. The molecule has 6 atom stereocenters. The molecule has 4 rings (SSSR count). The molecule has 3 aromatic rings. The van der Waals surface area contributed by atoms with E-state index in [1.165, 1.54) is 0 Å². The van der Waals surface area contributed by atoms with Crippen molar-refractivity contribution in [3.8, 4) is 0 Å². The van der Waals surface area contributed by atoms with E-state index in [1.807, 2.05) is 91.0 Å². The lowest BCUT2D eigenvalue weighted by atomic mass is 9.74. The average Bonchev–Trinajstić information content (AvgIpc) is 2.97. The summed E-state index contributed by atoms with van der Waals surface area (Å²) in [5.74, 6) is 0. The van der Waals surface area contributed by atoms with Crippen LogP contribution in [-0.4, -0.2) is 66.4 Å². The molecule has 1 saturated carbocycles. The second-order valence-electron chi connectivity index (χ2n) is 12.7. The highest BCUT2D eigenvalue weighted by molar-refractivity contribution is 6.74. The topological polar surface area (TPSA) is 97.6 Å². The third-order valence-electron chi connectivity index (χ3n) is 8.61. The van der Waals surface area contributed by atoms with Crippen LogP contribution in [0.2, 0.25) is 18.1 Å². The Hall–Kier alpha value is -2.40. The maximum Gasteiger partial charge on any atom is 0.192 e. The molecule has 1 fully saturated rings. The third kappa shape index (κ3) is 7.56. The first-order valence-electron chi connectivity index (χ1n) is 14.6. The van der Waals surface area contributed by atoms with Crippen molar-refractivity contribution in [3.63, 3.8) is 0 Å². The SMILES string of the molecule is CC(C)(C)[Si](C)(C)O[C@H]1[C@@H](O)[C@H](OCc2ccccc2)[C@@H](O)[C@](COCc2ccccc2)(OCc2ccccc2)[C@H]1O. The molecule has 42 heavy (non-hydrogen) atoms. The molecule has 1 aliphatic carbocycles. The molecule has 8 heteroatoms. The van der Waals surface area contributed by atoms with Crippen LogP contribution in [0.15, 0.2) is 91.0 Å². The Kier molecular flexibility index (Phi) is 10.8. The monoisotopic (exact) mass is 594 g/mol. The Morgan fingerprint density at radius 2 is 1.12 bits per heavy atom. The molecule has 0 saturated heterocycles. The molecular weight excluding hydrogens is 548 g/mol. The molecule has 228 valence electrons. The van der Waals surface area contributed by atoms with E-state index >= 15 is 0 Å². The Morgan fingerprint density at radius 3 is 1.62 bits per heavy atom. The van der Waals surface area contributed by atoms with E-state index < -0.39 is 44.4 Å². The summed E-state index contributed by atoms with van der Waals surface area (Å²) < 4.78 is 25.6. The smallest absolute Gasteiger partial charge is 0.192 e. The van der Waals surface area contributed by atoms with Gasteiger partial charge < -0.3 is 34.0 Å². The minimum Gasteiger partial charge on any atom is -0.408 e. The summed E-state index contributed by atoms with van der Waals surface area (Å²) in [7, 11) is -2.50. The second kappa shape index (κ2) is 13.9. The van der Waals surface area contributed by atoms with Gasteiger partial charge >= 0.3 is 0 Å². The maximum absolute atomic E-state index is 12.0. The highest BCUT2D eigenvalue weighted by Gasteiger charge is 2.62. The van der Waals surface area contributed by atoms with Gasteiger partial charge in [-0.3, -0.25) is 0 Å². The van der Waals surface area contributed by atoms with Crippen LogP contribution in [0, 0.1) is 0 Å². The zero-order valence-electron chi connectivity index (χ0n) is 25.4. The molecule has 0 radical (unpaired) electrons. The molecule has 0 amide bonds. The van der Waals surface area contributed by atoms with Crippen molar-refractivity contribution in [3.05, 3.63) is 108 Å². The van der Waals surface area contributed by atoms with Crippen LogP contribution in [-0.2, 0) is 38.5 Å². The number of rotatable bonds is 12. The van der Waals surface area contributed by atoms with Gasteiger partial charge in [-0.2, -0.15) is 0 Å². The van der Waals surface area contributed by atoms with Gasteiger partial charge in [-0.15, -0.1) is 0 Å². The largest absolute Gasteiger partial charge is 0.408 e. The Labute approximate surface area is 251 Å². The molecule has 0 bridgehead atoms. The van der Waals surface area contributed by atoms with Gasteiger partial charge in [0.1, 0.15) is 36.1 Å². The van der Waals surface area contributed by atoms with Crippen LogP contribution in [0.4, 0.5) is 0 Å². The van der Waals surface area contributed by atoms with E-state index in [2.05, 4.69) is 33.9 Å². The van der Waals surface area contributed by atoms with Crippen LogP contribution in [0.3, 0.4) is 0 Å². The normalized spacial score (nSPS) is 26.7. The number of hydrogen-bond acceptors (Lipinski definition) is 7. The lowest BCUT2D eigenvalue weighted by Gasteiger charge is -2.54. The Morgan fingerprint density at radius 1 is 0.667 bits per heavy atom. The number of aliphatic hydroxyl groups excluding tert-OH is 3. The van der Waals surface area contributed by atoms with Gasteiger partial charge in [0, 0.05) is 0 Å². The maximum atomic E-state index is 12.0. The van der Waals surface area contributed by atoms with Crippen LogP contribution >= 0.6 is 0 Å². The lowest BCUT2D eigenvalue weighted by Crippen LogP contribution is -2.75. The quantitative estimate of drug-likeness (QED) is 0.247. The summed E-state index contributed by atoms with van der Waals surface area (Å²) in [5.41, 5.74) is 1.05. The van der Waals surface area contributed by atoms with Crippen molar-refractivity contribution < 1.29 is 34.0 Å². The standard InChI is InChI=1S/C34H46O7Si/c1-33(2,3)42(4,5)41-30-28(35)29(39-22-26-17-11-7-12-18-26)31(36)34(32(30)37,40-23-27-19-13-8-14-20-27)24-38-21-25-15-9-6-10-16-25/h6-20,28-32,35-37H,21-24H2,1-5H3/t28-,29-,30-,31+,32-,34-/m0/s1. The summed E-state index contributed by atoms with van der Waals surface area (Å²) in [4.78, 5) is 0. The average molecular weight is 595 g/mol. The van der Waals surface area contributed by atoms with Gasteiger partial charge in [-0.05, 0) is 34.8 Å². The fourth-order valence-corrected chi connectivity index (χ4v) is 6.28. The number of benzene rings is 3. The molecular formula is C34H46O7Si. The molecule has 0 heterocycles. The van der Waals surface area contributed by atoms with Gasteiger partial charge in [0.05, 0.1) is 26.4 Å². The van der Waals surface area contributed by atoms with E-state index in [0.29, 0.717) is 0 Å². The first-order chi connectivity index (χ1) is 19.9. The van der Waals surface area contributed by atoms with Crippen molar-refractivity contribution >= 4 is 8.32 Å². The first-order valence-corrected chi connectivity index (χ1v) is 17.5. The summed E-state index contributed by atoms with van der Waals surface area (Å²) in [6.45, 7) is 10.8. The summed E-state index contributed by atoms with van der Waals surface area (Å²) >= 11 is 0. The van der Waals surface area contributed by atoms with Crippen LogP contribution in [0.1, 0.15) is 37.5 Å². The zero-order valence-corrected chi connectivity index (χ0v) is 26.4. The molecule has 3 N–H and O–H groups in total. The molecule has 0 spiro atoms. The number of aliphatic hydroxyl groups is 3. The van der Waals surface area contributed by atoms with Gasteiger partial charge in [0.15, 0.2) is 8.32 Å². The predicted molar refractivity (Wildman–Crippen MR) is 165 cm³/mol. The molecule has 3 aromatic carbocycles. The molecule has 0 aromatic heterocycles. The van der Waals surface area contributed by atoms with E-state index in [1.54, 1.807) is 0 Å². The fourth-order valence-electron chi connectivity index (χ4n) is 4.98. The minimum atomic E-state index is -2.50. The molecule has 7 nitrogen and oxygen atoms in total. The van der Waals surface area contributed by atoms with Gasteiger partial charge in [-0.1, -0.05) is 112 Å². The fraction of sp³-hybridized carbons (Fsp3) is 0.471. The minimum absolute atomic E-state index is 0.109. The Balaban J connectivity index is 1.70. The molecule has 1 aliphatic rings. The summed E-state index contributed by atoms with van der Waals surface area (Å²) in [6.07, 6.45) is -6.33. The predicted octanol–water partition coefficient (Wildman–Crippen LogP) is 5.23. The summed E-state index contributed by atoms with van der Waals surface area (Å²) in [6, 6.07) is 28.8. The van der Waals surface area contributed by atoms with Crippen molar-refractivity contribution in [1.82, 2.24) is 0 Å². The van der Waals surface area contributed by atoms with Crippen molar-refractivity contribution in [2.24, 2.45) is 0 Å². The number of hydrogen-bond donors (Lipinski definition) is 3. The van der Waals surface area contributed by atoms with Gasteiger partial charge in [0.25, 0.3) is 0 Å². The molecule has 0 aliphatic heterocycles. The summed E-state index contributed by atoms with van der Waals surface area (Å²) in [5, 5.41) is 35.5. The highest BCUT2D eigenvalue weighted by atomic mass is 28.4. The van der Waals surface area contributed by atoms with Crippen molar-refractivity contribution in [1.29, 1.82) is 0 Å². The van der Waals surface area contributed by atoms with Crippen molar-refractivity contribution in [2.45, 2.75) is 94.8 Å². The second-order valence-corrected chi connectivity index (χ2v) is 17.4. The third-order valence-corrected chi connectivity index (χ3v) is 13.1. The van der Waals surface area contributed by atoms with Crippen LogP contribution in [0.5, 0.6) is 0 Å². The number of ether oxygens (including phenoxy) is 3. The van der Waals surface area contributed by atoms with Gasteiger partial charge in [-0.25, -0.2) is 0 Å². The lowest BCUT2D eigenvalue weighted by molar-refractivity contribution is -0.304. The molecule has 0 unspecified atom stereocenters. The van der Waals surface area contributed by atoms with E-state index in [4.69, 9.17) is 18.6 Å². The van der Waals surface area contributed by atoms with E-state index in [9.17, 15) is 15.3 Å². The first kappa shape index (κ1) is 32.5.